The van der Waals surface area contributed by atoms with Gasteiger partial charge in [-0.1, -0.05) is 27.7 Å². The van der Waals surface area contributed by atoms with Gasteiger partial charge in [0.1, 0.15) is 0 Å². The molecule has 0 aliphatic carbocycles. The minimum absolute atomic E-state index is 0.338. The Labute approximate surface area is 107 Å². The van der Waals surface area contributed by atoms with Crippen molar-refractivity contribution in [2.45, 2.75) is 53.5 Å². The average molecular weight is 254 g/mol. The summed E-state index contributed by atoms with van der Waals surface area (Å²) in [6, 6.07) is 0. The highest BCUT2D eigenvalue weighted by atomic mass is 16.4. The molecule has 0 fully saturated rings. The van der Waals surface area contributed by atoms with E-state index >= 15 is 0 Å². The van der Waals surface area contributed by atoms with Crippen LogP contribution >= 0.6 is 0 Å². The van der Waals surface area contributed by atoms with E-state index in [9.17, 15) is 9.90 Å². The molecule has 0 unspecified atom stereocenters. The molecule has 1 aromatic heterocycles. The van der Waals surface area contributed by atoms with E-state index in [1.165, 1.54) is 0 Å². The Morgan fingerprint density at radius 3 is 2.44 bits per heavy atom. The summed E-state index contributed by atoms with van der Waals surface area (Å²) in [6.45, 7) is 8.30. The summed E-state index contributed by atoms with van der Waals surface area (Å²) in [5.41, 5.74) is -0.777. The van der Waals surface area contributed by atoms with Crippen LogP contribution in [0.1, 0.15) is 46.4 Å². The molecule has 0 spiro atoms. The summed E-state index contributed by atoms with van der Waals surface area (Å²) in [5, 5.41) is 21.0. The van der Waals surface area contributed by atoms with Crippen LogP contribution in [0.15, 0.2) is 0 Å². The van der Waals surface area contributed by atoms with Crippen molar-refractivity contribution in [2.24, 2.45) is 11.3 Å². The number of hydrogen-bond acceptors (Lipinski definition) is 4. The summed E-state index contributed by atoms with van der Waals surface area (Å²) in [4.78, 5) is 11.5. The van der Waals surface area contributed by atoms with Crippen molar-refractivity contribution in [2.75, 3.05) is 0 Å². The molecule has 0 aromatic carbocycles. The van der Waals surface area contributed by atoms with Crippen LogP contribution < -0.4 is 0 Å². The lowest BCUT2D eigenvalue weighted by Crippen LogP contribution is -2.35. The first-order valence-electron chi connectivity index (χ1n) is 6.43. The molecular formula is C12H22N4O2. The Balaban J connectivity index is 2.94. The van der Waals surface area contributed by atoms with E-state index in [4.69, 9.17) is 0 Å². The van der Waals surface area contributed by atoms with Gasteiger partial charge < -0.3 is 5.11 Å². The zero-order valence-electron chi connectivity index (χ0n) is 11.6. The van der Waals surface area contributed by atoms with Crippen molar-refractivity contribution in [3.8, 4) is 0 Å². The lowest BCUT2D eigenvalue weighted by molar-refractivity contribution is -0.150. The predicted octanol–water partition coefficient (Wildman–Crippen LogP) is 1.76. The highest BCUT2D eigenvalue weighted by Gasteiger charge is 2.36. The molecule has 0 atom stereocenters. The molecule has 0 aliphatic rings. The molecule has 102 valence electrons. The Morgan fingerprint density at radius 2 is 2.00 bits per heavy atom. The fraction of sp³-hybridized carbons (Fsp3) is 0.833. The minimum Gasteiger partial charge on any atom is -0.481 e. The fourth-order valence-corrected chi connectivity index (χ4v) is 1.99. The van der Waals surface area contributed by atoms with Gasteiger partial charge in [-0.05, 0) is 29.2 Å². The summed E-state index contributed by atoms with van der Waals surface area (Å²) in [5.74, 6) is 0.424. The zero-order valence-corrected chi connectivity index (χ0v) is 11.6. The van der Waals surface area contributed by atoms with E-state index in [2.05, 4.69) is 29.4 Å². The molecule has 6 heteroatoms. The van der Waals surface area contributed by atoms with Crippen LogP contribution in [0.3, 0.4) is 0 Å². The van der Waals surface area contributed by atoms with Crippen LogP contribution in [-0.2, 0) is 17.8 Å². The second-order valence-corrected chi connectivity index (χ2v) is 5.14. The SMILES string of the molecule is CCC(CC)(Cn1nnnc1CC(C)C)C(=O)O. The van der Waals surface area contributed by atoms with Crippen LogP contribution in [0.25, 0.3) is 0 Å². The Hall–Kier alpha value is -1.46. The fourth-order valence-electron chi connectivity index (χ4n) is 1.99. The largest absolute Gasteiger partial charge is 0.481 e. The number of rotatable bonds is 7. The molecule has 1 heterocycles. The summed E-state index contributed by atoms with van der Waals surface area (Å²) >= 11 is 0. The molecular weight excluding hydrogens is 232 g/mol. The Morgan fingerprint density at radius 1 is 1.39 bits per heavy atom. The van der Waals surface area contributed by atoms with E-state index < -0.39 is 11.4 Å². The van der Waals surface area contributed by atoms with Gasteiger partial charge in [-0.3, -0.25) is 4.79 Å². The molecule has 1 N–H and O–H groups in total. The van der Waals surface area contributed by atoms with Gasteiger partial charge in [0.2, 0.25) is 0 Å². The molecule has 0 bridgehead atoms. The van der Waals surface area contributed by atoms with Crippen molar-refractivity contribution in [1.82, 2.24) is 20.2 Å². The number of carboxylic acids is 1. The molecule has 0 radical (unpaired) electrons. The molecule has 6 nitrogen and oxygen atoms in total. The van der Waals surface area contributed by atoms with Gasteiger partial charge in [0, 0.05) is 6.42 Å². The second kappa shape index (κ2) is 5.93. The van der Waals surface area contributed by atoms with Gasteiger partial charge in [0.25, 0.3) is 0 Å². The van der Waals surface area contributed by atoms with E-state index in [1.807, 2.05) is 13.8 Å². The van der Waals surface area contributed by atoms with Crippen molar-refractivity contribution < 1.29 is 9.90 Å². The van der Waals surface area contributed by atoms with Gasteiger partial charge in [-0.2, -0.15) is 0 Å². The highest BCUT2D eigenvalue weighted by molar-refractivity contribution is 5.74. The summed E-state index contributed by atoms with van der Waals surface area (Å²) in [6.07, 6.45) is 1.90. The van der Waals surface area contributed by atoms with Crippen LogP contribution in [0.5, 0.6) is 0 Å². The minimum atomic E-state index is -0.779. The lowest BCUT2D eigenvalue weighted by atomic mass is 9.82. The smallest absolute Gasteiger partial charge is 0.311 e. The first-order chi connectivity index (χ1) is 8.45. The number of aliphatic carboxylic acids is 1. The second-order valence-electron chi connectivity index (χ2n) is 5.14. The number of aromatic nitrogens is 4. The number of carbonyl (C=O) groups is 1. The first kappa shape index (κ1) is 14.6. The van der Waals surface area contributed by atoms with Crippen molar-refractivity contribution in [1.29, 1.82) is 0 Å². The average Bonchev–Trinajstić information content (AvgIpc) is 2.72. The number of nitrogens with zero attached hydrogens (tertiary/aromatic N) is 4. The Bertz CT molecular complexity index is 397. The molecule has 18 heavy (non-hydrogen) atoms. The molecule has 1 rings (SSSR count). The first-order valence-corrected chi connectivity index (χ1v) is 6.43. The van der Waals surface area contributed by atoms with E-state index in [0.717, 1.165) is 12.2 Å². The maximum Gasteiger partial charge on any atom is 0.311 e. The third-order valence-corrected chi connectivity index (χ3v) is 3.46. The van der Waals surface area contributed by atoms with Gasteiger partial charge in [0.15, 0.2) is 5.82 Å². The molecule has 0 saturated heterocycles. The van der Waals surface area contributed by atoms with Gasteiger partial charge in [-0.25, -0.2) is 4.68 Å². The summed E-state index contributed by atoms with van der Waals surface area (Å²) in [7, 11) is 0. The molecule has 1 aromatic rings. The monoisotopic (exact) mass is 254 g/mol. The maximum atomic E-state index is 11.5. The van der Waals surface area contributed by atoms with Crippen LogP contribution in [-0.4, -0.2) is 31.3 Å². The predicted molar refractivity (Wildman–Crippen MR) is 67.0 cm³/mol. The van der Waals surface area contributed by atoms with E-state index in [0.29, 0.717) is 25.3 Å². The summed E-state index contributed by atoms with van der Waals surface area (Å²) < 4.78 is 1.64. The van der Waals surface area contributed by atoms with Crippen molar-refractivity contribution in [3.63, 3.8) is 0 Å². The molecule has 0 amide bonds. The lowest BCUT2D eigenvalue weighted by Gasteiger charge is -2.26. The van der Waals surface area contributed by atoms with Gasteiger partial charge in [-0.15, -0.1) is 5.10 Å². The quantitative estimate of drug-likeness (QED) is 0.802. The van der Waals surface area contributed by atoms with Crippen molar-refractivity contribution >= 4 is 5.97 Å². The number of carboxylic acid groups (broad SMARTS) is 1. The number of tetrazole rings is 1. The van der Waals surface area contributed by atoms with Crippen LogP contribution in [0, 0.1) is 11.3 Å². The zero-order chi connectivity index (χ0) is 13.8. The molecule has 0 saturated carbocycles. The van der Waals surface area contributed by atoms with Crippen LogP contribution in [0.4, 0.5) is 0 Å². The third kappa shape index (κ3) is 3.05. The standard InChI is InChI=1S/C12H22N4O2/c1-5-12(6-2,11(17)18)8-16-10(7-9(3)4)13-14-15-16/h9H,5-8H2,1-4H3,(H,17,18). The Kier molecular flexibility index (Phi) is 4.81. The van der Waals surface area contributed by atoms with Gasteiger partial charge >= 0.3 is 5.97 Å². The number of hydrogen-bond donors (Lipinski definition) is 1. The van der Waals surface area contributed by atoms with Gasteiger partial charge in [0.05, 0.1) is 12.0 Å². The normalized spacial score (nSPS) is 12.1. The van der Waals surface area contributed by atoms with E-state index in [-0.39, 0.29) is 0 Å². The highest BCUT2D eigenvalue weighted by Crippen LogP contribution is 2.29. The van der Waals surface area contributed by atoms with Crippen LogP contribution in [0.2, 0.25) is 0 Å². The third-order valence-electron chi connectivity index (χ3n) is 3.46. The van der Waals surface area contributed by atoms with Crippen molar-refractivity contribution in [3.05, 3.63) is 5.82 Å². The van der Waals surface area contributed by atoms with E-state index in [1.54, 1.807) is 4.68 Å². The maximum absolute atomic E-state index is 11.5. The molecule has 0 aliphatic heterocycles. The topological polar surface area (TPSA) is 80.9 Å².